The molecule has 3 heterocycles. The summed E-state index contributed by atoms with van der Waals surface area (Å²) in [6.45, 7) is 2.51. The monoisotopic (exact) mass is 438 g/mol. The van der Waals surface area contributed by atoms with Crippen LogP contribution in [0.15, 0.2) is 62.7 Å². The Morgan fingerprint density at radius 2 is 2.00 bits per heavy atom. The van der Waals surface area contributed by atoms with Crippen LogP contribution in [0.5, 0.6) is 17.2 Å². The molecule has 0 radical (unpaired) electrons. The summed E-state index contributed by atoms with van der Waals surface area (Å²) in [6.07, 6.45) is -0.449. The van der Waals surface area contributed by atoms with Crippen LogP contribution in [0.1, 0.15) is 29.3 Å². The van der Waals surface area contributed by atoms with E-state index in [0.717, 1.165) is 11.3 Å². The van der Waals surface area contributed by atoms with E-state index in [0.29, 0.717) is 46.7 Å². The SMILES string of the molecule is Cc1cccc(OCc2nnc(SCc3noc([C@@H]4COc5ccccc5O4)n3)o2)c1. The molecule has 158 valence electrons. The second-order valence-corrected chi connectivity index (χ2v) is 7.70. The Hall–Kier alpha value is -3.53. The van der Waals surface area contributed by atoms with Crippen molar-refractivity contribution in [3.05, 3.63) is 71.7 Å². The Morgan fingerprint density at radius 1 is 1.10 bits per heavy atom. The number of para-hydroxylation sites is 2. The average molecular weight is 438 g/mol. The lowest BCUT2D eigenvalue weighted by Crippen LogP contribution is -2.21. The number of benzene rings is 2. The lowest BCUT2D eigenvalue weighted by Gasteiger charge is -2.23. The highest BCUT2D eigenvalue weighted by atomic mass is 32.2. The third kappa shape index (κ3) is 4.64. The van der Waals surface area contributed by atoms with Gasteiger partial charge in [0.25, 0.3) is 17.0 Å². The Morgan fingerprint density at radius 3 is 2.90 bits per heavy atom. The van der Waals surface area contributed by atoms with E-state index in [1.165, 1.54) is 11.8 Å². The van der Waals surface area contributed by atoms with Crippen molar-refractivity contribution in [2.45, 2.75) is 30.6 Å². The van der Waals surface area contributed by atoms with Gasteiger partial charge < -0.3 is 23.2 Å². The molecule has 1 aliphatic heterocycles. The highest BCUT2D eigenvalue weighted by Gasteiger charge is 2.27. The van der Waals surface area contributed by atoms with Crippen LogP contribution in [-0.4, -0.2) is 26.9 Å². The molecule has 0 bridgehead atoms. The average Bonchev–Trinajstić information content (AvgIpc) is 3.46. The summed E-state index contributed by atoms with van der Waals surface area (Å²) in [5.41, 5.74) is 1.12. The molecular formula is C21H18N4O5S. The third-order valence-electron chi connectivity index (χ3n) is 4.39. The summed E-state index contributed by atoms with van der Waals surface area (Å²) in [6, 6.07) is 15.2. The second kappa shape index (κ2) is 8.68. The summed E-state index contributed by atoms with van der Waals surface area (Å²) in [5.74, 6) is 3.77. The van der Waals surface area contributed by atoms with Crippen molar-refractivity contribution in [3.8, 4) is 17.2 Å². The van der Waals surface area contributed by atoms with Crippen molar-refractivity contribution in [2.24, 2.45) is 0 Å². The van der Waals surface area contributed by atoms with Crippen LogP contribution >= 0.6 is 11.8 Å². The number of fused-ring (bicyclic) bond motifs is 1. The van der Waals surface area contributed by atoms with E-state index in [1.54, 1.807) is 0 Å². The number of hydrogen-bond donors (Lipinski definition) is 0. The highest BCUT2D eigenvalue weighted by molar-refractivity contribution is 7.98. The minimum absolute atomic E-state index is 0.198. The van der Waals surface area contributed by atoms with E-state index in [9.17, 15) is 0 Å². The van der Waals surface area contributed by atoms with Crippen molar-refractivity contribution in [1.82, 2.24) is 20.3 Å². The standard InChI is InChI=1S/C21H18N4O5S/c1-13-5-4-6-14(9-13)26-11-19-23-24-21(29-19)31-12-18-22-20(30-25-18)17-10-27-15-7-2-3-8-16(15)28-17/h2-9,17H,10-12H2,1H3/t17-/m0/s1. The lowest BCUT2D eigenvalue weighted by molar-refractivity contribution is 0.0665. The van der Waals surface area contributed by atoms with E-state index in [4.69, 9.17) is 23.2 Å². The van der Waals surface area contributed by atoms with Crippen molar-refractivity contribution < 1.29 is 23.2 Å². The van der Waals surface area contributed by atoms with Crippen molar-refractivity contribution in [3.63, 3.8) is 0 Å². The van der Waals surface area contributed by atoms with E-state index in [1.807, 2.05) is 55.5 Å². The fourth-order valence-electron chi connectivity index (χ4n) is 2.93. The van der Waals surface area contributed by atoms with Crippen LogP contribution in [0.3, 0.4) is 0 Å². The van der Waals surface area contributed by atoms with Gasteiger partial charge in [-0.3, -0.25) is 0 Å². The van der Waals surface area contributed by atoms with Crippen LogP contribution < -0.4 is 14.2 Å². The summed E-state index contributed by atoms with van der Waals surface area (Å²) >= 11 is 1.31. The normalized spacial score (nSPS) is 15.1. The van der Waals surface area contributed by atoms with Gasteiger partial charge >= 0.3 is 0 Å². The van der Waals surface area contributed by atoms with E-state index in [-0.39, 0.29) is 6.61 Å². The Bertz CT molecular complexity index is 1180. The maximum Gasteiger partial charge on any atom is 0.277 e. The zero-order valence-electron chi connectivity index (χ0n) is 16.6. The molecular weight excluding hydrogens is 420 g/mol. The van der Waals surface area contributed by atoms with Gasteiger partial charge in [-0.25, -0.2) is 0 Å². The summed E-state index contributed by atoms with van der Waals surface area (Å²) in [5, 5.41) is 12.4. The van der Waals surface area contributed by atoms with Crippen LogP contribution in [0, 0.1) is 6.92 Å². The Balaban J connectivity index is 1.14. The van der Waals surface area contributed by atoms with Gasteiger partial charge in [-0.05, 0) is 36.8 Å². The molecule has 5 rings (SSSR count). The van der Waals surface area contributed by atoms with Crippen molar-refractivity contribution >= 4 is 11.8 Å². The lowest BCUT2D eigenvalue weighted by atomic mass is 10.2. The number of thioether (sulfide) groups is 1. The van der Waals surface area contributed by atoms with Crippen LogP contribution in [0.25, 0.3) is 0 Å². The first-order chi connectivity index (χ1) is 15.2. The molecule has 1 aliphatic rings. The van der Waals surface area contributed by atoms with Gasteiger partial charge in [0.2, 0.25) is 6.10 Å². The van der Waals surface area contributed by atoms with E-state index >= 15 is 0 Å². The van der Waals surface area contributed by atoms with Gasteiger partial charge in [-0.2, -0.15) is 4.98 Å². The van der Waals surface area contributed by atoms with Crippen LogP contribution in [0.2, 0.25) is 0 Å². The summed E-state index contributed by atoms with van der Waals surface area (Å²) in [4.78, 5) is 4.39. The molecule has 0 saturated carbocycles. The second-order valence-electron chi connectivity index (χ2n) is 6.77. The number of rotatable bonds is 7. The van der Waals surface area contributed by atoms with Crippen molar-refractivity contribution in [1.29, 1.82) is 0 Å². The molecule has 0 amide bonds. The molecule has 0 fully saturated rings. The predicted molar refractivity (Wildman–Crippen MR) is 109 cm³/mol. The maximum atomic E-state index is 5.89. The maximum absolute atomic E-state index is 5.89. The minimum atomic E-state index is -0.449. The van der Waals surface area contributed by atoms with Crippen molar-refractivity contribution in [2.75, 3.05) is 6.61 Å². The topological polar surface area (TPSA) is 106 Å². The van der Waals surface area contributed by atoms with Gasteiger partial charge in [-0.15, -0.1) is 10.2 Å². The number of aryl methyl sites for hydroxylation is 1. The molecule has 2 aromatic heterocycles. The van der Waals surface area contributed by atoms with E-state index in [2.05, 4.69) is 20.3 Å². The largest absolute Gasteiger partial charge is 0.485 e. The van der Waals surface area contributed by atoms with Gasteiger partial charge in [0.15, 0.2) is 23.9 Å². The zero-order chi connectivity index (χ0) is 21.0. The molecule has 9 nitrogen and oxygen atoms in total. The summed E-state index contributed by atoms with van der Waals surface area (Å²) < 4.78 is 28.2. The molecule has 4 aromatic rings. The molecule has 0 aliphatic carbocycles. The third-order valence-corrected chi connectivity index (χ3v) is 5.21. The predicted octanol–water partition coefficient (Wildman–Crippen LogP) is 4.14. The van der Waals surface area contributed by atoms with Gasteiger partial charge in [-0.1, -0.05) is 41.2 Å². The molecule has 0 saturated heterocycles. The molecule has 0 spiro atoms. The first-order valence-corrected chi connectivity index (χ1v) is 10.6. The first kappa shape index (κ1) is 19.4. The van der Waals surface area contributed by atoms with Gasteiger partial charge in [0.1, 0.15) is 12.4 Å². The van der Waals surface area contributed by atoms with Gasteiger partial charge in [0.05, 0.1) is 5.75 Å². The number of nitrogens with zero attached hydrogens (tertiary/aromatic N) is 4. The highest BCUT2D eigenvalue weighted by Crippen LogP contribution is 2.35. The molecule has 10 heteroatoms. The Kier molecular flexibility index (Phi) is 5.44. The summed E-state index contributed by atoms with van der Waals surface area (Å²) in [7, 11) is 0. The molecule has 0 unspecified atom stereocenters. The Labute approximate surface area is 181 Å². The molecule has 0 N–H and O–H groups in total. The molecule has 2 aromatic carbocycles. The van der Waals surface area contributed by atoms with Crippen LogP contribution in [-0.2, 0) is 12.4 Å². The number of aromatic nitrogens is 4. The minimum Gasteiger partial charge on any atom is -0.485 e. The number of ether oxygens (including phenoxy) is 3. The zero-order valence-corrected chi connectivity index (χ0v) is 17.4. The fraction of sp³-hybridized carbons (Fsp3) is 0.238. The smallest absolute Gasteiger partial charge is 0.277 e. The molecule has 1 atom stereocenters. The molecule has 31 heavy (non-hydrogen) atoms. The van der Waals surface area contributed by atoms with E-state index < -0.39 is 6.10 Å². The first-order valence-electron chi connectivity index (χ1n) is 9.58. The number of hydrogen-bond acceptors (Lipinski definition) is 10. The quantitative estimate of drug-likeness (QED) is 0.391. The van der Waals surface area contributed by atoms with Gasteiger partial charge in [0, 0.05) is 0 Å². The van der Waals surface area contributed by atoms with Crippen LogP contribution in [0.4, 0.5) is 0 Å². The fourth-order valence-corrected chi connectivity index (χ4v) is 3.55.